The van der Waals surface area contributed by atoms with Gasteiger partial charge in [-0.1, -0.05) is 0 Å². The van der Waals surface area contributed by atoms with Gasteiger partial charge in [0.05, 0.1) is 33.9 Å². The topological polar surface area (TPSA) is 40.1 Å². The van der Waals surface area contributed by atoms with Crippen LogP contribution in [0.5, 0.6) is 0 Å². The molecule has 0 fully saturated rings. The van der Waals surface area contributed by atoms with Crippen LogP contribution >= 0.6 is 11.8 Å². The van der Waals surface area contributed by atoms with Gasteiger partial charge in [-0.25, -0.2) is 0 Å². The molecule has 0 heterocycles. The van der Waals surface area contributed by atoms with Crippen LogP contribution in [0.15, 0.2) is 0 Å². The van der Waals surface area contributed by atoms with Gasteiger partial charge in [0, 0.05) is 23.9 Å². The van der Waals surface area contributed by atoms with Crippen LogP contribution in [0.1, 0.15) is 6.42 Å². The zero-order valence-electron chi connectivity index (χ0n) is 8.79. The number of halogens is 1. The van der Waals surface area contributed by atoms with E-state index in [1.54, 1.807) is 11.8 Å². The van der Waals surface area contributed by atoms with E-state index in [0.717, 1.165) is 12.3 Å². The van der Waals surface area contributed by atoms with Crippen molar-refractivity contribution >= 4 is 17.7 Å². The number of thioether (sulfide) groups is 1. The molecule has 0 atom stereocenters. The molecule has 84 valence electrons. The first-order chi connectivity index (χ1) is 6.48. The summed E-state index contributed by atoms with van der Waals surface area (Å²) in [5, 5.41) is 10.2. The molecule has 0 aromatic carbocycles. The molecule has 0 rings (SSSR count). The summed E-state index contributed by atoms with van der Waals surface area (Å²) in [5.41, 5.74) is 0. The molecule has 0 spiro atoms. The lowest BCUT2D eigenvalue weighted by molar-refractivity contribution is -0.887. The molecule has 3 nitrogen and oxygen atoms in total. The van der Waals surface area contributed by atoms with Crippen molar-refractivity contribution in [1.82, 2.24) is 0 Å². The fraction of sp³-hybridized carbons (Fsp3) is 0.889. The van der Waals surface area contributed by atoms with Crippen LogP contribution in [0.3, 0.4) is 0 Å². The predicted octanol–water partition coefficient (Wildman–Crippen LogP) is -0.0945. The fourth-order valence-electron chi connectivity index (χ4n) is 0.974. The standard InChI is InChI=1S/C9H18FNO2S/c1-11(2,5-3-9(12)13)6-8-14-7-4-10/h3-8H2,1-2H3. The largest absolute Gasteiger partial charge is 0.550 e. The highest BCUT2D eigenvalue weighted by molar-refractivity contribution is 7.99. The Kier molecular flexibility index (Phi) is 6.92. The number of carboxylic acid groups (broad SMARTS) is 1. The average molecular weight is 223 g/mol. The third-order valence-electron chi connectivity index (χ3n) is 1.98. The van der Waals surface area contributed by atoms with Crippen LogP contribution in [-0.4, -0.2) is 55.8 Å². The Bertz CT molecular complexity index is 176. The highest BCUT2D eigenvalue weighted by Crippen LogP contribution is 2.05. The van der Waals surface area contributed by atoms with Crippen molar-refractivity contribution in [3.8, 4) is 0 Å². The Morgan fingerprint density at radius 3 is 2.50 bits per heavy atom. The van der Waals surface area contributed by atoms with Gasteiger partial charge in [-0.15, -0.1) is 0 Å². The molecule has 0 aromatic heterocycles. The van der Waals surface area contributed by atoms with E-state index in [1.165, 1.54) is 0 Å². The zero-order chi connectivity index (χ0) is 11.0. The Morgan fingerprint density at radius 1 is 1.36 bits per heavy atom. The smallest absolute Gasteiger partial charge is 0.0984 e. The summed E-state index contributed by atoms with van der Waals surface area (Å²) >= 11 is 1.56. The normalized spacial score (nSPS) is 11.6. The van der Waals surface area contributed by atoms with Gasteiger partial charge in [-0.2, -0.15) is 11.8 Å². The van der Waals surface area contributed by atoms with E-state index in [2.05, 4.69) is 0 Å². The summed E-state index contributed by atoms with van der Waals surface area (Å²) in [4.78, 5) is 10.2. The number of carboxylic acids is 1. The van der Waals surface area contributed by atoms with E-state index in [4.69, 9.17) is 0 Å². The number of carbonyl (C=O) groups is 1. The van der Waals surface area contributed by atoms with Crippen LogP contribution in [0.2, 0.25) is 0 Å². The second kappa shape index (κ2) is 7.06. The summed E-state index contributed by atoms with van der Waals surface area (Å²) in [7, 11) is 3.94. The second-order valence-electron chi connectivity index (χ2n) is 3.81. The van der Waals surface area contributed by atoms with E-state index >= 15 is 0 Å². The summed E-state index contributed by atoms with van der Waals surface area (Å²) in [5.74, 6) is 0.386. The molecule has 0 saturated carbocycles. The van der Waals surface area contributed by atoms with Crippen LogP contribution in [0.4, 0.5) is 4.39 Å². The lowest BCUT2D eigenvalue weighted by Gasteiger charge is -2.29. The highest BCUT2D eigenvalue weighted by atomic mass is 32.2. The number of rotatable bonds is 8. The Labute approximate surface area is 88.9 Å². The minimum absolute atomic E-state index is 0.0841. The molecule has 0 N–H and O–H groups in total. The Balaban J connectivity index is 3.55. The molecule has 14 heavy (non-hydrogen) atoms. The van der Waals surface area contributed by atoms with Gasteiger partial charge in [0.15, 0.2) is 0 Å². The molecular formula is C9H18FNO2S. The van der Waals surface area contributed by atoms with Crippen molar-refractivity contribution in [2.24, 2.45) is 0 Å². The average Bonchev–Trinajstić information content (AvgIpc) is 2.10. The van der Waals surface area contributed by atoms with Crippen LogP contribution in [0.25, 0.3) is 0 Å². The van der Waals surface area contributed by atoms with Crippen molar-refractivity contribution in [1.29, 1.82) is 0 Å². The molecule has 0 amide bonds. The van der Waals surface area contributed by atoms with Crippen molar-refractivity contribution in [3.05, 3.63) is 0 Å². The van der Waals surface area contributed by atoms with E-state index in [1.807, 2.05) is 14.1 Å². The quantitative estimate of drug-likeness (QED) is 0.426. The van der Waals surface area contributed by atoms with Gasteiger partial charge in [0.2, 0.25) is 0 Å². The zero-order valence-corrected chi connectivity index (χ0v) is 9.61. The molecule has 0 bridgehead atoms. The van der Waals surface area contributed by atoms with Crippen molar-refractivity contribution < 1.29 is 18.8 Å². The summed E-state index contributed by atoms with van der Waals surface area (Å²) in [6.07, 6.45) is 0.0841. The van der Waals surface area contributed by atoms with Gasteiger partial charge < -0.3 is 14.4 Å². The van der Waals surface area contributed by atoms with Gasteiger partial charge in [0.1, 0.15) is 0 Å². The molecule has 0 aliphatic rings. The monoisotopic (exact) mass is 223 g/mol. The number of alkyl halides is 1. The summed E-state index contributed by atoms with van der Waals surface area (Å²) in [6, 6.07) is 0. The molecule has 0 aliphatic heterocycles. The molecule has 0 aromatic rings. The fourth-order valence-corrected chi connectivity index (χ4v) is 1.91. The van der Waals surface area contributed by atoms with Crippen LogP contribution < -0.4 is 5.11 Å². The molecule has 0 unspecified atom stereocenters. The SMILES string of the molecule is C[N+](C)(CCSCCF)CCC(=O)[O-]. The molecular weight excluding hydrogens is 205 g/mol. The molecule has 0 radical (unpaired) electrons. The lowest BCUT2D eigenvalue weighted by Crippen LogP contribution is -2.44. The van der Waals surface area contributed by atoms with E-state index in [0.29, 0.717) is 16.8 Å². The van der Waals surface area contributed by atoms with E-state index < -0.39 is 5.97 Å². The minimum atomic E-state index is -1.01. The van der Waals surface area contributed by atoms with Gasteiger partial charge in [-0.3, -0.25) is 4.39 Å². The summed E-state index contributed by atoms with van der Waals surface area (Å²) < 4.78 is 12.4. The van der Waals surface area contributed by atoms with Gasteiger partial charge in [-0.05, 0) is 0 Å². The Hall–Kier alpha value is -0.290. The first-order valence-corrected chi connectivity index (χ1v) is 5.79. The third kappa shape index (κ3) is 8.31. The third-order valence-corrected chi connectivity index (χ3v) is 2.90. The first kappa shape index (κ1) is 13.7. The second-order valence-corrected chi connectivity index (χ2v) is 5.03. The van der Waals surface area contributed by atoms with Crippen molar-refractivity contribution in [2.45, 2.75) is 6.42 Å². The maximum atomic E-state index is 11.8. The van der Waals surface area contributed by atoms with Gasteiger partial charge >= 0.3 is 0 Å². The van der Waals surface area contributed by atoms with Crippen molar-refractivity contribution in [2.75, 3.05) is 45.4 Å². The van der Waals surface area contributed by atoms with Crippen molar-refractivity contribution in [3.63, 3.8) is 0 Å². The van der Waals surface area contributed by atoms with E-state index in [9.17, 15) is 14.3 Å². The predicted molar refractivity (Wildman–Crippen MR) is 54.8 cm³/mol. The number of carbonyl (C=O) groups excluding carboxylic acids is 1. The molecule has 0 aliphatic carbocycles. The van der Waals surface area contributed by atoms with E-state index in [-0.39, 0.29) is 13.1 Å². The van der Waals surface area contributed by atoms with Gasteiger partial charge in [0.25, 0.3) is 0 Å². The number of hydrogen-bond donors (Lipinski definition) is 0. The molecule has 0 saturated heterocycles. The van der Waals surface area contributed by atoms with Crippen LogP contribution in [-0.2, 0) is 4.79 Å². The highest BCUT2D eigenvalue weighted by Gasteiger charge is 2.13. The maximum absolute atomic E-state index is 11.8. The maximum Gasteiger partial charge on any atom is 0.0984 e. The number of hydrogen-bond acceptors (Lipinski definition) is 3. The lowest BCUT2D eigenvalue weighted by atomic mass is 10.3. The van der Waals surface area contributed by atoms with Crippen LogP contribution in [0, 0.1) is 0 Å². The number of quaternary nitrogens is 1. The summed E-state index contributed by atoms with van der Waals surface area (Å²) in [6.45, 7) is 1.13. The first-order valence-electron chi connectivity index (χ1n) is 4.63. The molecule has 5 heteroatoms. The Morgan fingerprint density at radius 2 is 2.00 bits per heavy atom. The number of aliphatic carboxylic acids is 1. The minimum Gasteiger partial charge on any atom is -0.550 e. The number of nitrogens with zero attached hydrogens (tertiary/aromatic N) is 1.